The fourth-order valence-electron chi connectivity index (χ4n) is 4.27. The molecular weight excluding hydrogens is 452 g/mol. The first-order chi connectivity index (χ1) is 16.1. The lowest BCUT2D eigenvalue weighted by Crippen LogP contribution is -2.54. The van der Waals surface area contributed by atoms with Crippen molar-refractivity contribution in [3.05, 3.63) is 52.8 Å². The first-order valence-electron chi connectivity index (χ1n) is 11.2. The van der Waals surface area contributed by atoms with E-state index in [2.05, 4.69) is 27.4 Å². The number of benzene rings is 1. The van der Waals surface area contributed by atoms with Gasteiger partial charge in [0, 0.05) is 68.1 Å². The summed E-state index contributed by atoms with van der Waals surface area (Å²) in [5.41, 5.74) is 6.63. The Hall–Kier alpha value is -3.12. The van der Waals surface area contributed by atoms with Gasteiger partial charge in [0.1, 0.15) is 11.7 Å². The van der Waals surface area contributed by atoms with Gasteiger partial charge in [0.25, 0.3) is 0 Å². The molecule has 0 aliphatic carbocycles. The molecule has 3 heterocycles. The van der Waals surface area contributed by atoms with Crippen LogP contribution in [0.5, 0.6) is 0 Å². The number of hydrazine groups is 1. The van der Waals surface area contributed by atoms with Crippen LogP contribution in [0.4, 0.5) is 4.79 Å². The van der Waals surface area contributed by atoms with Crippen molar-refractivity contribution >= 4 is 28.6 Å². The normalized spacial score (nSPS) is 15.3. The zero-order valence-corrected chi connectivity index (χ0v) is 20.7. The average Bonchev–Trinajstić information content (AvgIpc) is 3.05. The number of hydrogen-bond donors (Lipinski definition) is 1. The third-order valence-corrected chi connectivity index (χ3v) is 6.00. The molecule has 1 amide bonds. The van der Waals surface area contributed by atoms with E-state index in [1.807, 2.05) is 55.7 Å². The Balaban J connectivity index is 1.45. The van der Waals surface area contributed by atoms with E-state index in [1.165, 1.54) is 0 Å². The number of ether oxygens (including phenoxy) is 1. The molecular formula is C25H29ClN6O2. The van der Waals surface area contributed by atoms with Crippen LogP contribution in [-0.4, -0.2) is 57.3 Å². The number of piperazine rings is 1. The molecule has 1 N–H and O–H groups in total. The summed E-state index contributed by atoms with van der Waals surface area (Å²) in [6.45, 7) is 9.28. The van der Waals surface area contributed by atoms with E-state index >= 15 is 0 Å². The minimum absolute atomic E-state index is 0.428. The van der Waals surface area contributed by atoms with Crippen molar-refractivity contribution in [3.63, 3.8) is 0 Å². The van der Waals surface area contributed by atoms with Crippen LogP contribution < -0.4 is 5.43 Å². The lowest BCUT2D eigenvalue weighted by Gasteiger charge is -2.35. The maximum Gasteiger partial charge on any atom is 0.422 e. The Bertz CT molecular complexity index is 1250. The summed E-state index contributed by atoms with van der Waals surface area (Å²) in [5, 5.41) is 13.3. The number of rotatable bonds is 4. The van der Waals surface area contributed by atoms with Crippen molar-refractivity contribution in [2.75, 3.05) is 26.2 Å². The maximum absolute atomic E-state index is 12.0. The molecule has 178 valence electrons. The molecule has 0 spiro atoms. The number of pyridine rings is 1. The minimum Gasteiger partial charge on any atom is -0.443 e. The molecule has 4 rings (SSSR count). The number of amides is 1. The van der Waals surface area contributed by atoms with Gasteiger partial charge >= 0.3 is 6.09 Å². The van der Waals surface area contributed by atoms with Gasteiger partial charge in [0.15, 0.2) is 0 Å². The van der Waals surface area contributed by atoms with Crippen LogP contribution in [0.15, 0.2) is 36.7 Å². The molecule has 0 radical (unpaired) electrons. The van der Waals surface area contributed by atoms with Crippen molar-refractivity contribution in [1.29, 1.82) is 5.26 Å². The smallest absolute Gasteiger partial charge is 0.422 e. The number of aryl methyl sites for hydroxylation is 1. The minimum atomic E-state index is -0.522. The number of nitriles is 1. The summed E-state index contributed by atoms with van der Waals surface area (Å²) in [5.74, 6) is 0. The molecule has 1 aliphatic heterocycles. The molecule has 8 nitrogen and oxygen atoms in total. The predicted molar refractivity (Wildman–Crippen MR) is 132 cm³/mol. The Morgan fingerprint density at radius 3 is 2.62 bits per heavy atom. The topological polar surface area (TPSA) is 86.4 Å². The average molecular weight is 481 g/mol. The van der Waals surface area contributed by atoms with Crippen molar-refractivity contribution < 1.29 is 9.53 Å². The molecule has 34 heavy (non-hydrogen) atoms. The van der Waals surface area contributed by atoms with Gasteiger partial charge in [-0.3, -0.25) is 15.3 Å². The molecule has 1 aromatic carbocycles. The van der Waals surface area contributed by atoms with Gasteiger partial charge in [0.2, 0.25) is 0 Å². The molecule has 0 saturated carbocycles. The van der Waals surface area contributed by atoms with Crippen LogP contribution in [0.25, 0.3) is 22.2 Å². The summed E-state index contributed by atoms with van der Waals surface area (Å²) in [7, 11) is 1.94. The van der Waals surface area contributed by atoms with Gasteiger partial charge in [-0.2, -0.15) is 5.26 Å². The SMILES string of the molecule is Cn1c(-c2cncc(CN3CCN(NC(=O)OC(C)(C)C)CC3)c2)c(C#N)c2ccc(Cl)cc21. The van der Waals surface area contributed by atoms with Crippen LogP contribution >= 0.6 is 11.6 Å². The second-order valence-corrected chi connectivity index (χ2v) is 9.95. The summed E-state index contributed by atoms with van der Waals surface area (Å²) >= 11 is 6.19. The lowest BCUT2D eigenvalue weighted by molar-refractivity contribution is 0.0213. The standard InChI is InChI=1S/C25H29ClN6O2/c1-25(2,3)34-24(33)29-32-9-7-31(8-10-32)16-17-11-18(15-28-14-17)23-21(13-27)20-6-5-19(26)12-22(20)30(23)4/h5-6,11-12,14-15H,7-10,16H2,1-4H3,(H,29,33). The Labute approximate surface area is 204 Å². The van der Waals surface area contributed by atoms with Crippen molar-refractivity contribution in [2.24, 2.45) is 7.05 Å². The predicted octanol–water partition coefficient (Wildman–Crippen LogP) is 4.32. The zero-order chi connectivity index (χ0) is 24.5. The molecule has 0 bridgehead atoms. The van der Waals surface area contributed by atoms with E-state index in [0.717, 1.165) is 47.4 Å². The van der Waals surface area contributed by atoms with E-state index in [1.54, 1.807) is 12.3 Å². The number of carbonyl (C=O) groups is 1. The molecule has 1 saturated heterocycles. The highest BCUT2D eigenvalue weighted by atomic mass is 35.5. The highest BCUT2D eigenvalue weighted by Crippen LogP contribution is 2.34. The van der Waals surface area contributed by atoms with Crippen LogP contribution in [-0.2, 0) is 18.3 Å². The Morgan fingerprint density at radius 2 is 1.94 bits per heavy atom. The van der Waals surface area contributed by atoms with Crippen LogP contribution in [0, 0.1) is 11.3 Å². The van der Waals surface area contributed by atoms with Crippen molar-refractivity contribution in [1.82, 2.24) is 24.9 Å². The second-order valence-electron chi connectivity index (χ2n) is 9.51. The largest absolute Gasteiger partial charge is 0.443 e. The van der Waals surface area contributed by atoms with Gasteiger partial charge in [-0.1, -0.05) is 11.6 Å². The highest BCUT2D eigenvalue weighted by molar-refractivity contribution is 6.31. The summed E-state index contributed by atoms with van der Waals surface area (Å²) in [4.78, 5) is 18.8. The number of carbonyl (C=O) groups excluding carboxylic acids is 1. The van der Waals surface area contributed by atoms with Gasteiger partial charge in [0.05, 0.1) is 16.8 Å². The first kappa shape index (κ1) is 24.0. The monoisotopic (exact) mass is 480 g/mol. The fourth-order valence-corrected chi connectivity index (χ4v) is 4.44. The van der Waals surface area contributed by atoms with Gasteiger partial charge in [-0.15, -0.1) is 0 Å². The van der Waals surface area contributed by atoms with Gasteiger partial charge in [-0.05, 0) is 50.6 Å². The number of halogens is 1. The summed E-state index contributed by atoms with van der Waals surface area (Å²) in [6, 6.07) is 10.0. The molecule has 9 heteroatoms. The number of nitrogens with zero attached hydrogens (tertiary/aromatic N) is 5. The molecule has 3 aromatic rings. The molecule has 0 unspecified atom stereocenters. The zero-order valence-electron chi connectivity index (χ0n) is 19.9. The van der Waals surface area contributed by atoms with Crippen molar-refractivity contribution in [2.45, 2.75) is 32.9 Å². The van der Waals surface area contributed by atoms with Crippen LogP contribution in [0.3, 0.4) is 0 Å². The molecule has 0 atom stereocenters. The van der Waals surface area contributed by atoms with Crippen LogP contribution in [0.1, 0.15) is 31.9 Å². The van der Waals surface area contributed by atoms with E-state index < -0.39 is 11.7 Å². The Morgan fingerprint density at radius 1 is 1.21 bits per heavy atom. The van der Waals surface area contributed by atoms with Crippen molar-refractivity contribution in [3.8, 4) is 17.3 Å². The first-order valence-corrected chi connectivity index (χ1v) is 11.6. The van der Waals surface area contributed by atoms with Crippen LogP contribution in [0.2, 0.25) is 5.02 Å². The fraction of sp³-hybridized carbons (Fsp3) is 0.400. The van der Waals surface area contributed by atoms with Gasteiger partial charge < -0.3 is 9.30 Å². The third kappa shape index (κ3) is 5.33. The summed E-state index contributed by atoms with van der Waals surface area (Å²) in [6.07, 6.45) is 3.23. The van der Waals surface area contributed by atoms with E-state index in [9.17, 15) is 10.1 Å². The maximum atomic E-state index is 12.0. The van der Waals surface area contributed by atoms with E-state index in [-0.39, 0.29) is 0 Å². The van der Waals surface area contributed by atoms with Gasteiger partial charge in [-0.25, -0.2) is 9.80 Å². The Kier molecular flexibility index (Phi) is 6.80. The van der Waals surface area contributed by atoms with E-state index in [4.69, 9.17) is 16.3 Å². The quantitative estimate of drug-likeness (QED) is 0.598. The molecule has 2 aromatic heterocycles. The highest BCUT2D eigenvalue weighted by Gasteiger charge is 2.23. The number of fused-ring (bicyclic) bond motifs is 1. The number of hydrogen-bond acceptors (Lipinski definition) is 6. The summed E-state index contributed by atoms with van der Waals surface area (Å²) < 4.78 is 7.33. The molecule has 1 fully saturated rings. The number of nitrogens with one attached hydrogen (secondary N) is 1. The van der Waals surface area contributed by atoms with E-state index in [0.29, 0.717) is 23.7 Å². The lowest BCUT2D eigenvalue weighted by atomic mass is 10.1. The third-order valence-electron chi connectivity index (χ3n) is 5.77. The number of aromatic nitrogens is 2. The molecule has 1 aliphatic rings. The second kappa shape index (κ2) is 9.63.